The van der Waals surface area contributed by atoms with Crippen molar-refractivity contribution in [1.29, 1.82) is 0 Å². The van der Waals surface area contributed by atoms with Crippen LogP contribution in [-0.4, -0.2) is 40.2 Å². The monoisotopic (exact) mass is 401 g/mol. The Morgan fingerprint density at radius 3 is 2.68 bits per heavy atom. The summed E-state index contributed by atoms with van der Waals surface area (Å²) in [6.07, 6.45) is 2.75. The molecule has 0 saturated heterocycles. The highest BCUT2D eigenvalue weighted by molar-refractivity contribution is 7.16. The molecule has 0 aromatic carbocycles. The van der Waals surface area contributed by atoms with E-state index in [2.05, 4.69) is 5.10 Å². The molecule has 0 aliphatic rings. The van der Waals surface area contributed by atoms with Gasteiger partial charge in [-0.2, -0.15) is 5.10 Å². The zero-order chi connectivity index (χ0) is 18.6. The molecule has 0 radical (unpaired) electrons. The van der Waals surface area contributed by atoms with Gasteiger partial charge in [0, 0.05) is 30.6 Å². The molecule has 0 aliphatic carbocycles. The Kier molecular flexibility index (Phi) is 6.64. The first-order valence-corrected chi connectivity index (χ1v) is 8.87. The minimum atomic E-state index is -0.625. The fraction of sp³-hybridized carbons (Fsp3) is 0.312. The van der Waals surface area contributed by atoms with E-state index in [1.54, 1.807) is 27.1 Å². The molecule has 25 heavy (non-hydrogen) atoms. The van der Waals surface area contributed by atoms with E-state index in [4.69, 9.17) is 27.9 Å². The van der Waals surface area contributed by atoms with Crippen LogP contribution in [0.3, 0.4) is 0 Å². The van der Waals surface area contributed by atoms with Crippen molar-refractivity contribution >= 4 is 52.5 Å². The minimum Gasteiger partial charge on any atom is -0.452 e. The van der Waals surface area contributed by atoms with Gasteiger partial charge in [0.05, 0.1) is 16.6 Å². The van der Waals surface area contributed by atoms with Crippen molar-refractivity contribution < 1.29 is 14.3 Å². The Morgan fingerprint density at radius 1 is 1.40 bits per heavy atom. The minimum absolute atomic E-state index is 0.304. The number of hydrogen-bond acceptors (Lipinski definition) is 5. The van der Waals surface area contributed by atoms with Crippen molar-refractivity contribution in [2.75, 3.05) is 13.7 Å². The number of carbonyl (C=O) groups is 2. The van der Waals surface area contributed by atoms with Gasteiger partial charge in [0.15, 0.2) is 6.61 Å². The number of hydrogen-bond donors (Lipinski definition) is 0. The van der Waals surface area contributed by atoms with Gasteiger partial charge in [0.1, 0.15) is 5.15 Å². The van der Waals surface area contributed by atoms with E-state index in [0.717, 1.165) is 4.88 Å². The molecule has 0 saturated carbocycles. The summed E-state index contributed by atoms with van der Waals surface area (Å²) in [6, 6.07) is 3.63. The number of aromatic nitrogens is 2. The first-order valence-electron chi connectivity index (χ1n) is 7.30. The van der Waals surface area contributed by atoms with E-state index in [-0.39, 0.29) is 12.5 Å². The van der Waals surface area contributed by atoms with Crippen molar-refractivity contribution in [3.05, 3.63) is 43.8 Å². The maximum Gasteiger partial charge on any atom is 0.331 e. The van der Waals surface area contributed by atoms with E-state index in [9.17, 15) is 9.59 Å². The summed E-state index contributed by atoms with van der Waals surface area (Å²) in [5, 5.41) is 4.56. The lowest BCUT2D eigenvalue weighted by Crippen LogP contribution is -2.30. The Morgan fingerprint density at radius 2 is 2.12 bits per heavy atom. The molecule has 0 N–H and O–H groups in total. The topological polar surface area (TPSA) is 64.4 Å². The Hall–Kier alpha value is -1.83. The summed E-state index contributed by atoms with van der Waals surface area (Å²) in [6.45, 7) is 1.86. The average Bonchev–Trinajstić information content (AvgIpc) is 3.06. The molecule has 6 nitrogen and oxygen atoms in total. The zero-order valence-electron chi connectivity index (χ0n) is 14.0. The number of aryl methyl sites for hydroxylation is 2. The maximum atomic E-state index is 12.0. The van der Waals surface area contributed by atoms with Crippen LogP contribution in [0.4, 0.5) is 0 Å². The molecule has 0 atom stereocenters. The third-order valence-electron chi connectivity index (χ3n) is 3.37. The highest BCUT2D eigenvalue weighted by Crippen LogP contribution is 2.22. The van der Waals surface area contributed by atoms with E-state index in [1.807, 2.05) is 6.07 Å². The van der Waals surface area contributed by atoms with E-state index < -0.39 is 5.97 Å². The first kappa shape index (κ1) is 19.5. The summed E-state index contributed by atoms with van der Waals surface area (Å²) >= 11 is 13.3. The zero-order valence-corrected chi connectivity index (χ0v) is 16.3. The molecule has 2 heterocycles. The van der Waals surface area contributed by atoms with Gasteiger partial charge in [-0.15, -0.1) is 11.3 Å². The second-order valence-electron chi connectivity index (χ2n) is 5.31. The Bertz CT molecular complexity index is 814. The Labute approximate surface area is 159 Å². The first-order chi connectivity index (χ1) is 11.8. The number of esters is 1. The Balaban J connectivity index is 1.84. The third-order valence-corrected chi connectivity index (χ3v) is 5.03. The van der Waals surface area contributed by atoms with E-state index in [1.165, 1.54) is 33.1 Å². The van der Waals surface area contributed by atoms with E-state index >= 15 is 0 Å². The average molecular weight is 402 g/mol. The summed E-state index contributed by atoms with van der Waals surface area (Å²) in [5.74, 6) is -0.929. The van der Waals surface area contributed by atoms with Crippen molar-refractivity contribution in [2.45, 2.75) is 13.5 Å². The SMILES string of the molecule is Cc1nn(C)c(Cl)c1/C=C/C(=O)OCC(=O)N(C)Cc1ccc(Cl)s1. The lowest BCUT2D eigenvalue weighted by Gasteiger charge is -2.15. The van der Waals surface area contributed by atoms with Crippen molar-refractivity contribution in [3.63, 3.8) is 0 Å². The van der Waals surface area contributed by atoms with Crippen molar-refractivity contribution in [2.24, 2.45) is 7.05 Å². The quantitative estimate of drug-likeness (QED) is 0.549. The van der Waals surface area contributed by atoms with Gasteiger partial charge in [-0.3, -0.25) is 9.48 Å². The molecular weight excluding hydrogens is 385 g/mol. The van der Waals surface area contributed by atoms with Crippen LogP contribution in [0.1, 0.15) is 16.1 Å². The number of rotatable bonds is 6. The van der Waals surface area contributed by atoms with Gasteiger partial charge in [-0.05, 0) is 25.1 Å². The van der Waals surface area contributed by atoms with Crippen molar-refractivity contribution in [1.82, 2.24) is 14.7 Å². The van der Waals surface area contributed by atoms with Crippen molar-refractivity contribution in [3.8, 4) is 0 Å². The number of carbonyl (C=O) groups excluding carboxylic acids is 2. The molecule has 0 aliphatic heterocycles. The second-order valence-corrected chi connectivity index (χ2v) is 7.47. The molecule has 2 aromatic rings. The molecule has 0 spiro atoms. The van der Waals surface area contributed by atoms with Crippen LogP contribution in [0.25, 0.3) is 6.08 Å². The lowest BCUT2D eigenvalue weighted by atomic mass is 10.2. The number of ether oxygens (including phenoxy) is 1. The van der Waals surface area contributed by atoms with Gasteiger partial charge < -0.3 is 9.64 Å². The normalized spacial score (nSPS) is 11.1. The fourth-order valence-electron chi connectivity index (χ4n) is 2.04. The smallest absolute Gasteiger partial charge is 0.331 e. The van der Waals surface area contributed by atoms with Crippen LogP contribution in [0.15, 0.2) is 18.2 Å². The number of likely N-dealkylation sites (N-methyl/N-ethyl adjacent to an activating group) is 1. The molecular formula is C16H17Cl2N3O3S. The highest BCUT2D eigenvalue weighted by Gasteiger charge is 2.13. The van der Waals surface area contributed by atoms with Gasteiger partial charge in [0.2, 0.25) is 0 Å². The van der Waals surface area contributed by atoms with Crippen LogP contribution in [0, 0.1) is 6.92 Å². The molecule has 0 unspecified atom stereocenters. The van der Waals surface area contributed by atoms with Gasteiger partial charge in [-0.1, -0.05) is 23.2 Å². The van der Waals surface area contributed by atoms with Crippen LogP contribution in [0.5, 0.6) is 0 Å². The van der Waals surface area contributed by atoms with Gasteiger partial charge in [-0.25, -0.2) is 4.79 Å². The largest absolute Gasteiger partial charge is 0.452 e. The fourth-order valence-corrected chi connectivity index (χ4v) is 3.42. The highest BCUT2D eigenvalue weighted by atomic mass is 35.5. The maximum absolute atomic E-state index is 12.0. The van der Waals surface area contributed by atoms with Crippen LogP contribution in [0.2, 0.25) is 9.49 Å². The van der Waals surface area contributed by atoms with Crippen LogP contribution < -0.4 is 0 Å². The molecule has 2 aromatic heterocycles. The molecule has 1 amide bonds. The van der Waals surface area contributed by atoms with Gasteiger partial charge >= 0.3 is 5.97 Å². The molecule has 0 bridgehead atoms. The predicted octanol–water partition coefficient (Wildman–Crippen LogP) is 3.31. The number of nitrogens with zero attached hydrogens (tertiary/aromatic N) is 3. The predicted molar refractivity (Wildman–Crippen MR) is 98.8 cm³/mol. The summed E-state index contributed by atoms with van der Waals surface area (Å²) in [7, 11) is 3.35. The standard InChI is InChI=1S/C16H17Cl2N3O3S/c1-10-12(16(18)21(3)19-10)5-7-15(23)24-9-14(22)20(2)8-11-4-6-13(17)25-11/h4-7H,8-9H2,1-3H3/b7-5+. The van der Waals surface area contributed by atoms with Gasteiger partial charge in [0.25, 0.3) is 5.91 Å². The number of halogens is 2. The summed E-state index contributed by atoms with van der Waals surface area (Å²) in [4.78, 5) is 26.2. The number of thiophene rings is 1. The summed E-state index contributed by atoms with van der Waals surface area (Å²) in [5.41, 5.74) is 1.33. The molecule has 134 valence electrons. The summed E-state index contributed by atoms with van der Waals surface area (Å²) < 4.78 is 7.14. The number of amides is 1. The molecule has 0 fully saturated rings. The third kappa shape index (κ3) is 5.32. The van der Waals surface area contributed by atoms with E-state index in [0.29, 0.717) is 27.3 Å². The second kappa shape index (κ2) is 8.51. The molecule has 2 rings (SSSR count). The van der Waals surface area contributed by atoms with Crippen LogP contribution >= 0.6 is 34.5 Å². The lowest BCUT2D eigenvalue weighted by molar-refractivity contribution is -0.147. The van der Waals surface area contributed by atoms with Crippen LogP contribution in [-0.2, 0) is 27.9 Å². The molecule has 9 heteroatoms.